The van der Waals surface area contributed by atoms with Gasteiger partial charge in [-0.25, -0.2) is 4.79 Å². The summed E-state index contributed by atoms with van der Waals surface area (Å²) < 4.78 is 5.42. The molecule has 0 aliphatic carbocycles. The third-order valence-electron chi connectivity index (χ3n) is 4.07. The van der Waals surface area contributed by atoms with Crippen LogP contribution in [0.2, 0.25) is 0 Å². The van der Waals surface area contributed by atoms with Crippen LogP contribution in [-0.4, -0.2) is 52.7 Å². The summed E-state index contributed by atoms with van der Waals surface area (Å²) >= 11 is 0. The molecule has 1 aromatic heterocycles. The summed E-state index contributed by atoms with van der Waals surface area (Å²) in [6, 6.07) is 0. The number of piperazine rings is 1. The lowest BCUT2D eigenvalue weighted by molar-refractivity contribution is 0.0138. The van der Waals surface area contributed by atoms with Crippen molar-refractivity contribution in [2.45, 2.75) is 46.8 Å². The number of pyridine rings is 1. The number of carbonyl (C=O) groups is 1. The molecule has 6 heteroatoms. The van der Waals surface area contributed by atoms with Crippen LogP contribution in [0.15, 0.2) is 6.20 Å². The molecule has 0 spiro atoms. The zero-order valence-electron chi connectivity index (χ0n) is 14.8. The number of hydrogen-bond donors (Lipinski definition) is 1. The van der Waals surface area contributed by atoms with Gasteiger partial charge in [-0.3, -0.25) is 9.88 Å². The Balaban J connectivity index is 1.90. The molecule has 1 aliphatic heterocycles. The van der Waals surface area contributed by atoms with Gasteiger partial charge in [0.05, 0.1) is 5.69 Å². The molecular formula is C17H28N4O2. The number of nitrogen functional groups attached to an aromatic ring is 1. The Morgan fingerprint density at radius 1 is 1.26 bits per heavy atom. The number of carbonyl (C=O) groups excluding carboxylic acids is 1. The van der Waals surface area contributed by atoms with Crippen molar-refractivity contribution in [1.82, 2.24) is 14.8 Å². The number of aryl methyl sites for hydroxylation is 1. The van der Waals surface area contributed by atoms with E-state index in [0.717, 1.165) is 42.1 Å². The molecule has 0 saturated carbocycles. The van der Waals surface area contributed by atoms with Gasteiger partial charge in [0.25, 0.3) is 0 Å². The fourth-order valence-corrected chi connectivity index (χ4v) is 2.58. The number of hydrogen-bond acceptors (Lipinski definition) is 5. The van der Waals surface area contributed by atoms with Crippen molar-refractivity contribution in [2.75, 3.05) is 31.9 Å². The zero-order chi connectivity index (χ0) is 17.2. The first-order valence-corrected chi connectivity index (χ1v) is 8.08. The quantitative estimate of drug-likeness (QED) is 0.905. The van der Waals surface area contributed by atoms with Crippen molar-refractivity contribution in [3.05, 3.63) is 23.0 Å². The summed E-state index contributed by atoms with van der Waals surface area (Å²) in [6.45, 7) is 13.4. The van der Waals surface area contributed by atoms with Gasteiger partial charge in [0.15, 0.2) is 0 Å². The third kappa shape index (κ3) is 4.58. The SMILES string of the molecule is Cc1cnc(CN2CCN(C(=O)OC(C)(C)C)CC2)c(C)c1N. The van der Waals surface area contributed by atoms with Crippen molar-refractivity contribution in [2.24, 2.45) is 0 Å². The Morgan fingerprint density at radius 3 is 2.43 bits per heavy atom. The lowest BCUT2D eigenvalue weighted by Gasteiger charge is -2.35. The van der Waals surface area contributed by atoms with E-state index in [-0.39, 0.29) is 6.09 Å². The molecule has 128 valence electrons. The molecule has 23 heavy (non-hydrogen) atoms. The van der Waals surface area contributed by atoms with Gasteiger partial charge < -0.3 is 15.4 Å². The largest absolute Gasteiger partial charge is 0.444 e. The second kappa shape index (κ2) is 6.74. The summed E-state index contributed by atoms with van der Waals surface area (Å²) in [4.78, 5) is 20.6. The van der Waals surface area contributed by atoms with E-state index in [2.05, 4.69) is 9.88 Å². The Kier molecular flexibility index (Phi) is 5.14. The Morgan fingerprint density at radius 2 is 1.87 bits per heavy atom. The predicted octanol–water partition coefficient (Wildman–Crippen LogP) is 2.33. The maximum atomic E-state index is 12.1. The molecular weight excluding hydrogens is 292 g/mol. The highest BCUT2D eigenvalue weighted by Crippen LogP contribution is 2.20. The van der Waals surface area contributed by atoms with Gasteiger partial charge in [-0.2, -0.15) is 0 Å². The Labute approximate surface area is 138 Å². The molecule has 0 aromatic carbocycles. The van der Waals surface area contributed by atoms with Gasteiger partial charge in [0, 0.05) is 44.6 Å². The fraction of sp³-hybridized carbons (Fsp3) is 0.647. The molecule has 0 radical (unpaired) electrons. The second-order valence-electron chi connectivity index (χ2n) is 7.17. The maximum absolute atomic E-state index is 12.1. The molecule has 0 bridgehead atoms. The molecule has 1 fully saturated rings. The van der Waals surface area contributed by atoms with Crippen LogP contribution in [-0.2, 0) is 11.3 Å². The average Bonchev–Trinajstić information content (AvgIpc) is 2.47. The number of rotatable bonds is 2. The number of ether oxygens (including phenoxy) is 1. The van der Waals surface area contributed by atoms with E-state index >= 15 is 0 Å². The minimum absolute atomic E-state index is 0.231. The molecule has 6 nitrogen and oxygen atoms in total. The van der Waals surface area contributed by atoms with E-state index < -0.39 is 5.60 Å². The van der Waals surface area contributed by atoms with Crippen molar-refractivity contribution >= 4 is 11.8 Å². The van der Waals surface area contributed by atoms with Gasteiger partial charge in [0.1, 0.15) is 5.60 Å². The Bertz CT molecular complexity index is 573. The normalized spacial score (nSPS) is 16.5. The van der Waals surface area contributed by atoms with Gasteiger partial charge in [-0.1, -0.05) is 0 Å². The van der Waals surface area contributed by atoms with Crippen LogP contribution in [0.3, 0.4) is 0 Å². The molecule has 2 rings (SSSR count). The monoisotopic (exact) mass is 320 g/mol. The summed E-state index contributed by atoms with van der Waals surface area (Å²) in [5.74, 6) is 0. The number of amides is 1. The van der Waals surface area contributed by atoms with Crippen LogP contribution in [0.5, 0.6) is 0 Å². The zero-order valence-corrected chi connectivity index (χ0v) is 14.8. The second-order valence-corrected chi connectivity index (χ2v) is 7.17. The summed E-state index contributed by atoms with van der Waals surface area (Å²) in [6.07, 6.45) is 1.60. The molecule has 1 aromatic rings. The lowest BCUT2D eigenvalue weighted by atomic mass is 10.1. The number of nitrogens with two attached hydrogens (primary N) is 1. The Hall–Kier alpha value is -1.82. The van der Waals surface area contributed by atoms with Gasteiger partial charge in [0.2, 0.25) is 0 Å². The van der Waals surface area contributed by atoms with Gasteiger partial charge >= 0.3 is 6.09 Å². The van der Waals surface area contributed by atoms with Crippen LogP contribution < -0.4 is 5.73 Å². The van der Waals surface area contributed by atoms with Crippen LogP contribution in [0.4, 0.5) is 10.5 Å². The highest BCUT2D eigenvalue weighted by atomic mass is 16.6. The standard InChI is InChI=1S/C17H28N4O2/c1-12-10-19-14(13(2)15(12)18)11-20-6-8-21(9-7-20)16(22)23-17(3,4)5/h10H,6-9,11H2,1-5H3,(H2,18,19). The fourth-order valence-electron chi connectivity index (χ4n) is 2.58. The van der Waals surface area contributed by atoms with Crippen LogP contribution >= 0.6 is 0 Å². The molecule has 1 aliphatic rings. The first-order chi connectivity index (χ1) is 10.7. The van der Waals surface area contributed by atoms with Crippen molar-refractivity contribution in [3.8, 4) is 0 Å². The molecule has 0 atom stereocenters. The van der Waals surface area contributed by atoms with E-state index in [0.29, 0.717) is 13.1 Å². The molecule has 2 heterocycles. The first kappa shape index (κ1) is 17.5. The van der Waals surface area contributed by atoms with Crippen LogP contribution in [0.1, 0.15) is 37.6 Å². The smallest absolute Gasteiger partial charge is 0.410 e. The predicted molar refractivity (Wildman–Crippen MR) is 91.2 cm³/mol. The van der Waals surface area contributed by atoms with Gasteiger partial charge in [-0.15, -0.1) is 0 Å². The third-order valence-corrected chi connectivity index (χ3v) is 4.07. The van der Waals surface area contributed by atoms with Gasteiger partial charge in [-0.05, 0) is 45.7 Å². The van der Waals surface area contributed by atoms with E-state index in [1.54, 1.807) is 4.90 Å². The number of nitrogens with zero attached hydrogens (tertiary/aromatic N) is 3. The highest BCUT2D eigenvalue weighted by molar-refractivity contribution is 5.68. The first-order valence-electron chi connectivity index (χ1n) is 8.08. The molecule has 1 saturated heterocycles. The maximum Gasteiger partial charge on any atom is 0.410 e. The minimum Gasteiger partial charge on any atom is -0.444 e. The number of anilines is 1. The minimum atomic E-state index is -0.450. The molecule has 2 N–H and O–H groups in total. The van der Waals surface area contributed by atoms with Crippen molar-refractivity contribution in [3.63, 3.8) is 0 Å². The summed E-state index contributed by atoms with van der Waals surface area (Å²) in [5, 5.41) is 0. The summed E-state index contributed by atoms with van der Waals surface area (Å²) in [7, 11) is 0. The highest BCUT2D eigenvalue weighted by Gasteiger charge is 2.26. The van der Waals surface area contributed by atoms with Crippen molar-refractivity contribution < 1.29 is 9.53 Å². The molecule has 1 amide bonds. The molecule has 0 unspecified atom stereocenters. The lowest BCUT2D eigenvalue weighted by Crippen LogP contribution is -2.49. The van der Waals surface area contributed by atoms with E-state index in [9.17, 15) is 4.79 Å². The van der Waals surface area contributed by atoms with E-state index in [1.807, 2.05) is 40.8 Å². The number of aromatic nitrogens is 1. The van der Waals surface area contributed by atoms with Crippen molar-refractivity contribution in [1.29, 1.82) is 0 Å². The van der Waals surface area contributed by atoms with Crippen LogP contribution in [0, 0.1) is 13.8 Å². The van der Waals surface area contributed by atoms with Crippen LogP contribution in [0.25, 0.3) is 0 Å². The topological polar surface area (TPSA) is 71.7 Å². The summed E-state index contributed by atoms with van der Waals surface area (Å²) in [5.41, 5.74) is 9.54. The average molecular weight is 320 g/mol. The van der Waals surface area contributed by atoms with E-state index in [1.165, 1.54) is 0 Å². The van der Waals surface area contributed by atoms with E-state index in [4.69, 9.17) is 10.5 Å².